The summed E-state index contributed by atoms with van der Waals surface area (Å²) in [5.41, 5.74) is -1.15. The first-order valence-electron chi connectivity index (χ1n) is 7.76. The van der Waals surface area contributed by atoms with Crippen molar-refractivity contribution < 1.29 is 42.3 Å². The van der Waals surface area contributed by atoms with Crippen LogP contribution in [0.3, 0.4) is 0 Å². The second-order valence-corrected chi connectivity index (χ2v) is 6.07. The molecule has 0 unspecified atom stereocenters. The number of aliphatic carboxylic acids is 1. The van der Waals surface area contributed by atoms with Gasteiger partial charge in [-0.3, -0.25) is 19.7 Å². The van der Waals surface area contributed by atoms with Crippen molar-refractivity contribution >= 4 is 17.6 Å². The van der Waals surface area contributed by atoms with Crippen LogP contribution in [0, 0.1) is 22.0 Å². The minimum atomic E-state index is -4.82. The maximum Gasteiger partial charge on any atom is 0.394 e. The van der Waals surface area contributed by atoms with Crippen molar-refractivity contribution in [3.8, 4) is 11.5 Å². The monoisotopic (exact) mass is 390 g/mol. The summed E-state index contributed by atoms with van der Waals surface area (Å²) in [6.07, 6.45) is -4.82. The highest BCUT2D eigenvalue weighted by Gasteiger charge is 2.54. The molecule has 1 saturated heterocycles. The first kappa shape index (κ1) is 18.7. The summed E-state index contributed by atoms with van der Waals surface area (Å²) in [5.74, 6) is -6.76. The first-order valence-corrected chi connectivity index (χ1v) is 7.76. The normalized spacial score (nSPS) is 21.8. The maximum atomic E-state index is 13.1. The van der Waals surface area contributed by atoms with Crippen LogP contribution in [0.1, 0.15) is 10.4 Å². The lowest BCUT2D eigenvalue weighted by molar-refractivity contribution is -0.385. The Balaban J connectivity index is 1.96. The molecule has 1 aromatic carbocycles. The largest absolute Gasteiger partial charge is 0.486 e. The molecule has 12 heteroatoms. The molecule has 3 rings (SSSR count). The van der Waals surface area contributed by atoms with Gasteiger partial charge in [-0.1, -0.05) is 0 Å². The molecule has 9 nitrogen and oxygen atoms in total. The molecule has 2 aliphatic rings. The zero-order valence-electron chi connectivity index (χ0n) is 13.6. The number of carboxylic acid groups (broad SMARTS) is 1. The van der Waals surface area contributed by atoms with Crippen molar-refractivity contribution in [1.29, 1.82) is 0 Å². The Bertz CT molecular complexity index is 811. The van der Waals surface area contributed by atoms with Crippen molar-refractivity contribution in [3.05, 3.63) is 27.8 Å². The van der Waals surface area contributed by atoms with Crippen LogP contribution in [-0.4, -0.2) is 59.3 Å². The van der Waals surface area contributed by atoms with Crippen LogP contribution < -0.4 is 9.47 Å². The number of ether oxygens (including phenoxy) is 2. The minimum absolute atomic E-state index is 0.0440. The fourth-order valence-electron chi connectivity index (χ4n) is 3.12. The number of hydrogen-bond donors (Lipinski definition) is 1. The molecule has 1 N–H and O–H groups in total. The highest BCUT2D eigenvalue weighted by atomic mass is 19.4. The van der Waals surface area contributed by atoms with Crippen molar-refractivity contribution in [2.24, 2.45) is 11.8 Å². The number of benzene rings is 1. The highest BCUT2D eigenvalue weighted by Crippen LogP contribution is 2.41. The Morgan fingerprint density at radius 3 is 2.26 bits per heavy atom. The number of nitro groups is 1. The summed E-state index contributed by atoms with van der Waals surface area (Å²) >= 11 is 0. The van der Waals surface area contributed by atoms with Crippen LogP contribution in [0.25, 0.3) is 0 Å². The Morgan fingerprint density at radius 1 is 1.19 bits per heavy atom. The number of carbonyl (C=O) groups is 2. The quantitative estimate of drug-likeness (QED) is 0.616. The van der Waals surface area contributed by atoms with E-state index in [1.54, 1.807) is 0 Å². The molecule has 0 saturated carbocycles. The van der Waals surface area contributed by atoms with Crippen molar-refractivity contribution in [1.82, 2.24) is 4.90 Å². The van der Waals surface area contributed by atoms with E-state index in [4.69, 9.17) is 14.6 Å². The van der Waals surface area contributed by atoms with E-state index in [2.05, 4.69) is 0 Å². The molecule has 2 aliphatic heterocycles. The van der Waals surface area contributed by atoms with Crippen LogP contribution in [-0.2, 0) is 4.79 Å². The predicted molar refractivity (Wildman–Crippen MR) is 80.7 cm³/mol. The number of nitro benzene ring substituents is 1. The van der Waals surface area contributed by atoms with Crippen LogP contribution >= 0.6 is 0 Å². The molecular formula is C15H13F3N2O7. The van der Waals surface area contributed by atoms with Crippen molar-refractivity contribution in [2.75, 3.05) is 26.3 Å². The molecule has 1 amide bonds. The summed E-state index contributed by atoms with van der Waals surface area (Å²) in [7, 11) is 0. The van der Waals surface area contributed by atoms with Gasteiger partial charge in [0, 0.05) is 19.2 Å². The van der Waals surface area contributed by atoms with Crippen LogP contribution in [0.4, 0.5) is 18.9 Å². The van der Waals surface area contributed by atoms with E-state index in [9.17, 15) is 32.9 Å². The fourth-order valence-corrected chi connectivity index (χ4v) is 3.12. The van der Waals surface area contributed by atoms with Gasteiger partial charge in [-0.05, 0) is 0 Å². The Labute approximate surface area is 149 Å². The second kappa shape index (κ2) is 6.59. The summed E-state index contributed by atoms with van der Waals surface area (Å²) in [6.45, 7) is -1.31. The smallest absolute Gasteiger partial charge is 0.394 e. The van der Waals surface area contributed by atoms with E-state index in [0.29, 0.717) is 4.90 Å². The summed E-state index contributed by atoms with van der Waals surface area (Å²) in [6, 6.07) is 2.00. The molecule has 0 bridgehead atoms. The minimum Gasteiger partial charge on any atom is -0.486 e. The van der Waals surface area contributed by atoms with Gasteiger partial charge < -0.3 is 19.5 Å². The van der Waals surface area contributed by atoms with E-state index in [1.807, 2.05) is 0 Å². The van der Waals surface area contributed by atoms with Crippen molar-refractivity contribution in [3.63, 3.8) is 0 Å². The SMILES string of the molecule is O=C(O)[C@@H]1CN(C(=O)c2cc3c(cc2[N+](=O)[O-])OCCO3)C[C@H]1C(F)(F)F. The van der Waals surface area contributed by atoms with Crippen LogP contribution in [0.2, 0.25) is 0 Å². The number of hydrogen-bond acceptors (Lipinski definition) is 6. The third kappa shape index (κ3) is 3.46. The Morgan fingerprint density at radius 2 is 1.78 bits per heavy atom. The molecule has 146 valence electrons. The number of carbonyl (C=O) groups excluding carboxylic acids is 1. The topological polar surface area (TPSA) is 119 Å². The molecule has 1 aromatic rings. The average molecular weight is 390 g/mol. The molecule has 2 heterocycles. The lowest BCUT2D eigenvalue weighted by Gasteiger charge is -2.21. The van der Waals surface area contributed by atoms with Gasteiger partial charge in [0.2, 0.25) is 0 Å². The number of carboxylic acids is 1. The number of alkyl halides is 3. The number of fused-ring (bicyclic) bond motifs is 1. The van der Waals surface area contributed by atoms with Crippen LogP contribution in [0.15, 0.2) is 12.1 Å². The molecule has 0 aromatic heterocycles. The van der Waals surface area contributed by atoms with Gasteiger partial charge in [-0.25, -0.2) is 0 Å². The number of nitrogens with zero attached hydrogens (tertiary/aromatic N) is 2. The van der Waals surface area contributed by atoms with Gasteiger partial charge in [-0.2, -0.15) is 13.2 Å². The summed E-state index contributed by atoms with van der Waals surface area (Å²) < 4.78 is 49.7. The third-order valence-electron chi connectivity index (χ3n) is 4.43. The highest BCUT2D eigenvalue weighted by molar-refractivity contribution is 5.99. The molecule has 0 spiro atoms. The zero-order valence-corrected chi connectivity index (χ0v) is 13.6. The zero-order chi connectivity index (χ0) is 19.9. The molecule has 1 fully saturated rings. The van der Waals surface area contributed by atoms with Gasteiger partial charge in [0.1, 0.15) is 18.8 Å². The molecule has 0 aliphatic carbocycles. The van der Waals surface area contributed by atoms with Gasteiger partial charge in [0.15, 0.2) is 11.5 Å². The number of likely N-dealkylation sites (tertiary alicyclic amines) is 1. The third-order valence-corrected chi connectivity index (χ3v) is 4.43. The van der Waals surface area contributed by atoms with Crippen LogP contribution in [0.5, 0.6) is 11.5 Å². The molecule has 0 radical (unpaired) electrons. The maximum absolute atomic E-state index is 13.1. The molecule has 27 heavy (non-hydrogen) atoms. The standard InChI is InChI=1S/C15H13F3N2O7/c16-15(17,18)9-6-19(5-8(9)14(22)23)13(21)7-3-11-12(27-2-1-26-11)4-10(7)20(24)25/h3-4,8-9H,1-2,5-6H2,(H,22,23)/t8-,9-/m1/s1. The van der Waals surface area contributed by atoms with E-state index in [-0.39, 0.29) is 24.7 Å². The number of halogens is 3. The van der Waals surface area contributed by atoms with Gasteiger partial charge in [0.05, 0.1) is 22.8 Å². The lowest BCUT2D eigenvalue weighted by Crippen LogP contribution is -2.34. The summed E-state index contributed by atoms with van der Waals surface area (Å²) in [5, 5.41) is 20.3. The van der Waals surface area contributed by atoms with E-state index < -0.39 is 59.2 Å². The molecule has 2 atom stereocenters. The van der Waals surface area contributed by atoms with Crippen molar-refractivity contribution in [2.45, 2.75) is 6.18 Å². The fraction of sp³-hybridized carbons (Fsp3) is 0.467. The average Bonchev–Trinajstić information content (AvgIpc) is 3.06. The van der Waals surface area contributed by atoms with Gasteiger partial charge in [-0.15, -0.1) is 0 Å². The Hall–Kier alpha value is -3.05. The van der Waals surface area contributed by atoms with E-state index in [0.717, 1.165) is 12.1 Å². The lowest BCUT2D eigenvalue weighted by atomic mass is 9.96. The van der Waals surface area contributed by atoms with E-state index in [1.165, 1.54) is 0 Å². The van der Waals surface area contributed by atoms with Gasteiger partial charge >= 0.3 is 12.1 Å². The second-order valence-electron chi connectivity index (χ2n) is 6.07. The van der Waals surface area contributed by atoms with Gasteiger partial charge in [0.25, 0.3) is 11.6 Å². The number of amides is 1. The number of rotatable bonds is 3. The predicted octanol–water partition coefficient (Wildman–Crippen LogP) is 1.70. The summed E-state index contributed by atoms with van der Waals surface area (Å²) in [4.78, 5) is 34.9. The first-order chi connectivity index (χ1) is 12.6. The Kier molecular flexibility index (Phi) is 4.57. The van der Waals surface area contributed by atoms with E-state index >= 15 is 0 Å². The molecular weight excluding hydrogens is 377 g/mol.